The van der Waals surface area contributed by atoms with Gasteiger partial charge in [0, 0.05) is 13.1 Å². The highest BCUT2D eigenvalue weighted by molar-refractivity contribution is 5.85. The van der Waals surface area contributed by atoms with Crippen molar-refractivity contribution >= 4 is 18.3 Å². The molecule has 0 spiro atoms. The molecule has 0 aliphatic carbocycles. The van der Waals surface area contributed by atoms with Gasteiger partial charge in [-0.15, -0.1) is 12.4 Å². The number of rotatable bonds is 2. The molecule has 0 radical (unpaired) electrons. The molecule has 1 amide bonds. The first-order valence-corrected chi connectivity index (χ1v) is 7.38. The van der Waals surface area contributed by atoms with Gasteiger partial charge in [-0.05, 0) is 42.9 Å². The van der Waals surface area contributed by atoms with E-state index in [1.165, 1.54) is 12.1 Å². The Morgan fingerprint density at radius 2 is 2.09 bits per heavy atom. The van der Waals surface area contributed by atoms with E-state index in [2.05, 4.69) is 11.4 Å². The zero-order valence-corrected chi connectivity index (χ0v) is 13.0. The maximum atomic E-state index is 13.0. The number of hydrogen-bond acceptors (Lipinski definition) is 3. The van der Waals surface area contributed by atoms with E-state index >= 15 is 0 Å². The Morgan fingerprint density at radius 3 is 2.77 bits per heavy atom. The highest BCUT2D eigenvalue weighted by atomic mass is 35.5. The molecule has 1 aromatic rings. The molecule has 2 fully saturated rings. The molecule has 2 aliphatic heterocycles. The summed E-state index contributed by atoms with van der Waals surface area (Å²) in [5, 5.41) is 12.3. The van der Waals surface area contributed by atoms with Crippen LogP contribution in [0, 0.1) is 17.1 Å². The summed E-state index contributed by atoms with van der Waals surface area (Å²) in [6, 6.07) is 8.17. The van der Waals surface area contributed by atoms with Crippen LogP contribution in [0.3, 0.4) is 0 Å². The van der Waals surface area contributed by atoms with E-state index in [-0.39, 0.29) is 42.1 Å². The number of likely N-dealkylation sites (tertiary alicyclic amines) is 1. The number of carbonyl (C=O) groups excluding carboxylic acids is 1. The van der Waals surface area contributed by atoms with Gasteiger partial charge in [-0.1, -0.05) is 12.1 Å². The van der Waals surface area contributed by atoms with E-state index in [9.17, 15) is 9.18 Å². The van der Waals surface area contributed by atoms with Crippen LogP contribution in [0.1, 0.15) is 30.7 Å². The molecule has 0 bridgehead atoms. The summed E-state index contributed by atoms with van der Waals surface area (Å²) < 4.78 is 13.0. The summed E-state index contributed by atoms with van der Waals surface area (Å²) in [6.07, 6.45) is 2.38. The summed E-state index contributed by atoms with van der Waals surface area (Å²) >= 11 is 0. The van der Waals surface area contributed by atoms with Crippen LogP contribution >= 0.6 is 12.4 Å². The Morgan fingerprint density at radius 1 is 1.36 bits per heavy atom. The normalized spacial score (nSPS) is 27.3. The summed E-state index contributed by atoms with van der Waals surface area (Å²) in [7, 11) is 0. The number of hydrogen-bond donors (Lipinski definition) is 1. The Bertz CT molecular complexity index is 572. The van der Waals surface area contributed by atoms with E-state index in [1.807, 2.05) is 0 Å². The van der Waals surface area contributed by atoms with E-state index < -0.39 is 0 Å². The van der Waals surface area contributed by atoms with Gasteiger partial charge in [0.25, 0.3) is 0 Å². The van der Waals surface area contributed by atoms with Gasteiger partial charge in [-0.3, -0.25) is 4.79 Å². The molecule has 0 aromatic heterocycles. The van der Waals surface area contributed by atoms with Crippen LogP contribution in [0.25, 0.3) is 0 Å². The molecule has 1 aromatic carbocycles. The van der Waals surface area contributed by atoms with Crippen molar-refractivity contribution in [3.05, 3.63) is 35.6 Å². The fraction of sp³-hybridized carbons (Fsp3) is 0.500. The second kappa shape index (κ2) is 7.08. The SMILES string of the molecule is Cl.N#C[C@@H]1CCCN1C(=O)[C@@H]1C[C@H](c2ccc(F)cc2)CN1. The predicted octanol–water partition coefficient (Wildman–Crippen LogP) is 2.21. The molecule has 2 aliphatic rings. The first-order valence-electron chi connectivity index (χ1n) is 7.38. The molecule has 3 atom stereocenters. The third kappa shape index (κ3) is 3.23. The van der Waals surface area contributed by atoms with Crippen LogP contribution in [0.5, 0.6) is 0 Å². The molecule has 118 valence electrons. The van der Waals surface area contributed by atoms with Crippen molar-refractivity contribution in [2.45, 2.75) is 37.3 Å². The van der Waals surface area contributed by atoms with E-state index in [4.69, 9.17) is 5.26 Å². The number of halogens is 2. The number of amides is 1. The first-order chi connectivity index (χ1) is 10.2. The molecule has 0 saturated carbocycles. The Labute approximate surface area is 135 Å². The van der Waals surface area contributed by atoms with Crippen LogP contribution in [0.2, 0.25) is 0 Å². The van der Waals surface area contributed by atoms with Gasteiger partial charge in [0.15, 0.2) is 0 Å². The first kappa shape index (κ1) is 16.7. The molecule has 1 N–H and O–H groups in total. The third-order valence-electron chi connectivity index (χ3n) is 4.46. The summed E-state index contributed by atoms with van der Waals surface area (Å²) in [6.45, 7) is 1.39. The molecular weight excluding hydrogens is 305 g/mol. The highest BCUT2D eigenvalue weighted by Crippen LogP contribution is 2.28. The van der Waals surface area contributed by atoms with Crippen molar-refractivity contribution < 1.29 is 9.18 Å². The van der Waals surface area contributed by atoms with Gasteiger partial charge in [0.1, 0.15) is 11.9 Å². The number of nitrogens with one attached hydrogen (secondary N) is 1. The lowest BCUT2D eigenvalue weighted by molar-refractivity contribution is -0.133. The van der Waals surface area contributed by atoms with Crippen molar-refractivity contribution in [3.8, 4) is 6.07 Å². The van der Waals surface area contributed by atoms with Crippen LogP contribution < -0.4 is 5.32 Å². The quantitative estimate of drug-likeness (QED) is 0.908. The lowest BCUT2D eigenvalue weighted by Gasteiger charge is -2.23. The molecule has 0 unspecified atom stereocenters. The largest absolute Gasteiger partial charge is 0.325 e. The lowest BCUT2D eigenvalue weighted by Crippen LogP contribution is -2.45. The van der Waals surface area contributed by atoms with Gasteiger partial charge in [-0.25, -0.2) is 4.39 Å². The molecule has 22 heavy (non-hydrogen) atoms. The van der Waals surface area contributed by atoms with Gasteiger partial charge in [0.05, 0.1) is 12.1 Å². The minimum atomic E-state index is -0.274. The fourth-order valence-electron chi connectivity index (χ4n) is 3.28. The number of carbonyl (C=O) groups is 1. The molecule has 3 rings (SSSR count). The zero-order chi connectivity index (χ0) is 14.8. The van der Waals surface area contributed by atoms with Crippen LogP contribution in [0.4, 0.5) is 4.39 Å². The molecule has 2 heterocycles. The number of nitriles is 1. The van der Waals surface area contributed by atoms with Gasteiger partial charge < -0.3 is 10.2 Å². The fourth-order valence-corrected chi connectivity index (χ4v) is 3.28. The second-order valence-electron chi connectivity index (χ2n) is 5.76. The van der Waals surface area contributed by atoms with E-state index in [0.29, 0.717) is 19.5 Å². The van der Waals surface area contributed by atoms with Crippen molar-refractivity contribution in [3.63, 3.8) is 0 Å². The van der Waals surface area contributed by atoms with Crippen molar-refractivity contribution in [2.75, 3.05) is 13.1 Å². The third-order valence-corrected chi connectivity index (χ3v) is 4.46. The lowest BCUT2D eigenvalue weighted by atomic mass is 9.96. The molecule has 2 saturated heterocycles. The average molecular weight is 324 g/mol. The highest BCUT2D eigenvalue weighted by Gasteiger charge is 2.37. The zero-order valence-electron chi connectivity index (χ0n) is 12.2. The monoisotopic (exact) mass is 323 g/mol. The maximum Gasteiger partial charge on any atom is 0.240 e. The number of benzene rings is 1. The van der Waals surface area contributed by atoms with Gasteiger partial charge in [0.2, 0.25) is 5.91 Å². The molecule has 6 heteroatoms. The predicted molar refractivity (Wildman–Crippen MR) is 83.1 cm³/mol. The van der Waals surface area contributed by atoms with Crippen molar-refractivity contribution in [2.24, 2.45) is 0 Å². The van der Waals surface area contributed by atoms with Crippen LogP contribution in [-0.4, -0.2) is 36.0 Å². The van der Waals surface area contributed by atoms with E-state index in [0.717, 1.165) is 18.4 Å². The van der Waals surface area contributed by atoms with Crippen LogP contribution in [0.15, 0.2) is 24.3 Å². The number of nitrogens with zero attached hydrogens (tertiary/aromatic N) is 2. The topological polar surface area (TPSA) is 56.1 Å². The minimum absolute atomic E-state index is 0. The summed E-state index contributed by atoms with van der Waals surface area (Å²) in [5.41, 5.74) is 1.05. The minimum Gasteiger partial charge on any atom is -0.325 e. The Hall–Kier alpha value is -1.64. The maximum absolute atomic E-state index is 13.0. The smallest absolute Gasteiger partial charge is 0.240 e. The molecular formula is C16H19ClFN3O. The molecule has 4 nitrogen and oxygen atoms in total. The van der Waals surface area contributed by atoms with Gasteiger partial charge in [-0.2, -0.15) is 5.26 Å². The van der Waals surface area contributed by atoms with Crippen molar-refractivity contribution in [1.29, 1.82) is 5.26 Å². The van der Waals surface area contributed by atoms with Crippen molar-refractivity contribution in [1.82, 2.24) is 10.2 Å². The van der Waals surface area contributed by atoms with Gasteiger partial charge >= 0.3 is 0 Å². The standard InChI is InChI=1S/C16H18FN3O.ClH/c17-13-5-3-11(4-6-13)12-8-15(19-10-12)16(21)20-7-1-2-14(20)9-18;/h3-6,12,14-15,19H,1-2,7-8,10H2;1H/t12-,14-,15-;/m0./s1. The Balaban J connectivity index is 0.00000176. The average Bonchev–Trinajstić information content (AvgIpc) is 3.16. The second-order valence-corrected chi connectivity index (χ2v) is 5.76. The summed E-state index contributed by atoms with van der Waals surface area (Å²) in [4.78, 5) is 14.2. The Kier molecular flexibility index (Phi) is 5.38. The van der Waals surface area contributed by atoms with Crippen LogP contribution in [-0.2, 0) is 4.79 Å². The summed E-state index contributed by atoms with van der Waals surface area (Å²) in [5.74, 6) is 0.0117. The van der Waals surface area contributed by atoms with E-state index in [1.54, 1.807) is 17.0 Å².